The van der Waals surface area contributed by atoms with E-state index in [9.17, 15) is 9.59 Å². The molecule has 0 saturated carbocycles. The van der Waals surface area contributed by atoms with Crippen molar-refractivity contribution in [1.82, 2.24) is 10.9 Å². The van der Waals surface area contributed by atoms with Crippen molar-refractivity contribution < 1.29 is 9.59 Å². The molecule has 2 atom stereocenters. The molecule has 2 aliphatic carbocycles. The second-order valence-electron chi connectivity index (χ2n) is 6.33. The van der Waals surface area contributed by atoms with Gasteiger partial charge >= 0.3 is 0 Å². The molecule has 0 aliphatic heterocycles. The molecule has 0 aromatic carbocycles. The maximum atomic E-state index is 12.2. The minimum atomic E-state index is -0.202. The number of allylic oxidation sites excluding steroid dienone is 2. The van der Waals surface area contributed by atoms with Gasteiger partial charge in [-0.15, -0.1) is 11.3 Å². The normalized spacial score (nSPS) is 23.7. The summed E-state index contributed by atoms with van der Waals surface area (Å²) >= 11 is 1.56. The highest BCUT2D eigenvalue weighted by Gasteiger charge is 2.22. The molecule has 0 saturated heterocycles. The van der Waals surface area contributed by atoms with Gasteiger partial charge in [-0.05, 0) is 56.1 Å². The van der Waals surface area contributed by atoms with Crippen molar-refractivity contribution in [2.24, 2.45) is 11.8 Å². The second kappa shape index (κ2) is 6.65. The van der Waals surface area contributed by atoms with E-state index in [4.69, 9.17) is 0 Å². The number of hydrogen-bond donors (Lipinski definition) is 2. The lowest BCUT2D eigenvalue weighted by Crippen LogP contribution is -2.44. The van der Waals surface area contributed by atoms with E-state index in [1.807, 2.05) is 12.1 Å². The molecule has 2 aliphatic rings. The van der Waals surface area contributed by atoms with E-state index in [1.165, 1.54) is 16.9 Å². The first-order chi connectivity index (χ1) is 10.6. The largest absolute Gasteiger partial charge is 0.279 e. The molecular formula is C17H22N2O2S. The number of amides is 2. The van der Waals surface area contributed by atoms with Gasteiger partial charge in [-0.1, -0.05) is 19.1 Å². The van der Waals surface area contributed by atoms with Crippen molar-refractivity contribution >= 4 is 23.2 Å². The lowest BCUT2D eigenvalue weighted by Gasteiger charge is -2.17. The molecule has 1 aromatic rings. The predicted octanol–water partition coefficient (Wildman–Crippen LogP) is 2.99. The van der Waals surface area contributed by atoms with E-state index < -0.39 is 0 Å². The van der Waals surface area contributed by atoms with Crippen LogP contribution in [0.3, 0.4) is 0 Å². The number of nitrogens with one attached hydrogen (secondary N) is 2. The first kappa shape index (κ1) is 15.3. The van der Waals surface area contributed by atoms with Crippen LogP contribution in [0.2, 0.25) is 0 Å². The minimum Gasteiger partial charge on any atom is -0.273 e. The van der Waals surface area contributed by atoms with Crippen LogP contribution in [0, 0.1) is 11.8 Å². The number of hydrazine groups is 1. The van der Waals surface area contributed by atoms with Gasteiger partial charge in [-0.25, -0.2) is 0 Å². The van der Waals surface area contributed by atoms with Gasteiger partial charge in [0.15, 0.2) is 0 Å². The van der Waals surface area contributed by atoms with Crippen molar-refractivity contribution in [2.75, 3.05) is 0 Å². The first-order valence-corrected chi connectivity index (χ1v) is 8.82. The Balaban J connectivity index is 1.56. The third-order valence-electron chi connectivity index (χ3n) is 4.49. The fourth-order valence-corrected chi connectivity index (χ4v) is 4.24. The van der Waals surface area contributed by atoms with E-state index in [1.54, 1.807) is 11.3 Å². The summed E-state index contributed by atoms with van der Waals surface area (Å²) in [6.45, 7) is 2.25. The number of rotatable bonds is 2. The van der Waals surface area contributed by atoms with Gasteiger partial charge in [-0.2, -0.15) is 0 Å². The Hall–Kier alpha value is -1.62. The zero-order valence-electron chi connectivity index (χ0n) is 12.9. The molecule has 1 heterocycles. The molecule has 118 valence electrons. The first-order valence-electron chi connectivity index (χ1n) is 8.00. The molecular weight excluding hydrogens is 296 g/mol. The number of aryl methyl sites for hydroxylation is 1. The molecule has 3 rings (SSSR count). The molecule has 4 nitrogen and oxygen atoms in total. The number of thiophene rings is 1. The van der Waals surface area contributed by atoms with Crippen molar-refractivity contribution in [2.45, 2.75) is 45.4 Å². The van der Waals surface area contributed by atoms with Gasteiger partial charge < -0.3 is 0 Å². The molecule has 0 bridgehead atoms. The van der Waals surface area contributed by atoms with E-state index in [-0.39, 0.29) is 17.7 Å². The van der Waals surface area contributed by atoms with Crippen LogP contribution in [0.1, 0.15) is 52.7 Å². The molecule has 0 spiro atoms. The lowest BCUT2D eigenvalue weighted by atomic mass is 9.90. The van der Waals surface area contributed by atoms with Crippen LogP contribution in [-0.2, 0) is 17.6 Å². The van der Waals surface area contributed by atoms with E-state index in [2.05, 4.69) is 23.9 Å². The smallest absolute Gasteiger partial charge is 0.273 e. The van der Waals surface area contributed by atoms with Gasteiger partial charge in [0.2, 0.25) is 5.91 Å². The Kier molecular flexibility index (Phi) is 4.62. The molecule has 0 fully saturated rings. The highest BCUT2D eigenvalue weighted by atomic mass is 32.1. The zero-order chi connectivity index (χ0) is 15.5. The Bertz CT molecular complexity index is 606. The summed E-state index contributed by atoms with van der Waals surface area (Å²) in [5.74, 6) is 0.374. The summed E-state index contributed by atoms with van der Waals surface area (Å²) in [4.78, 5) is 26.2. The third kappa shape index (κ3) is 3.40. The number of fused-ring (bicyclic) bond motifs is 1. The Morgan fingerprint density at radius 3 is 2.86 bits per heavy atom. The number of carbonyl (C=O) groups is 2. The van der Waals surface area contributed by atoms with Crippen LogP contribution in [0.15, 0.2) is 18.2 Å². The van der Waals surface area contributed by atoms with Crippen LogP contribution in [0.5, 0.6) is 0 Å². The SMILES string of the molecule is C[C@@H]1CCc2sc(C(=O)NNC(=O)[C@@H]3CC=CCC3)cc2C1. The molecule has 0 unspecified atom stereocenters. The van der Waals surface area contributed by atoms with E-state index in [0.29, 0.717) is 10.8 Å². The van der Waals surface area contributed by atoms with Gasteiger partial charge in [0.25, 0.3) is 5.91 Å². The summed E-state index contributed by atoms with van der Waals surface area (Å²) < 4.78 is 0. The van der Waals surface area contributed by atoms with Gasteiger partial charge in [0, 0.05) is 10.8 Å². The Labute approximate surface area is 135 Å². The Morgan fingerprint density at radius 1 is 1.23 bits per heavy atom. The maximum absolute atomic E-state index is 12.2. The summed E-state index contributed by atoms with van der Waals surface area (Å²) in [6, 6.07) is 1.99. The van der Waals surface area contributed by atoms with Gasteiger partial charge in [-0.3, -0.25) is 20.4 Å². The summed E-state index contributed by atoms with van der Waals surface area (Å²) in [6.07, 6.45) is 9.98. The average molecular weight is 318 g/mol. The second-order valence-corrected chi connectivity index (χ2v) is 7.47. The van der Waals surface area contributed by atoms with Crippen LogP contribution in [-0.4, -0.2) is 11.8 Å². The van der Waals surface area contributed by atoms with Crippen molar-refractivity contribution in [3.05, 3.63) is 33.5 Å². The molecule has 2 amide bonds. The molecule has 22 heavy (non-hydrogen) atoms. The molecule has 1 aromatic heterocycles. The number of hydrogen-bond acceptors (Lipinski definition) is 3. The Morgan fingerprint density at radius 2 is 2.09 bits per heavy atom. The lowest BCUT2D eigenvalue weighted by molar-refractivity contribution is -0.126. The van der Waals surface area contributed by atoms with E-state index >= 15 is 0 Å². The maximum Gasteiger partial charge on any atom is 0.279 e. The fourth-order valence-electron chi connectivity index (χ4n) is 3.13. The van der Waals surface area contributed by atoms with Crippen LogP contribution in [0.4, 0.5) is 0 Å². The highest BCUT2D eigenvalue weighted by Crippen LogP contribution is 2.32. The summed E-state index contributed by atoms with van der Waals surface area (Å²) in [5, 5.41) is 0. The van der Waals surface area contributed by atoms with Crippen LogP contribution < -0.4 is 10.9 Å². The molecule has 0 radical (unpaired) electrons. The standard InChI is InChI=1S/C17H22N2O2S/c1-11-7-8-14-13(9-11)10-15(22-14)17(21)19-18-16(20)12-5-3-2-4-6-12/h2-3,10-12H,4-9H2,1H3,(H,18,20)(H,19,21)/t11-,12-/m1/s1. The topological polar surface area (TPSA) is 58.2 Å². The van der Waals surface area contributed by atoms with Gasteiger partial charge in [0.1, 0.15) is 0 Å². The highest BCUT2D eigenvalue weighted by molar-refractivity contribution is 7.14. The monoisotopic (exact) mass is 318 g/mol. The predicted molar refractivity (Wildman–Crippen MR) is 87.6 cm³/mol. The quantitative estimate of drug-likeness (QED) is 0.650. The summed E-state index contributed by atoms with van der Waals surface area (Å²) in [7, 11) is 0. The third-order valence-corrected chi connectivity index (χ3v) is 5.73. The zero-order valence-corrected chi connectivity index (χ0v) is 13.7. The van der Waals surface area contributed by atoms with Crippen molar-refractivity contribution in [3.63, 3.8) is 0 Å². The minimum absolute atomic E-state index is 0.0253. The molecule has 2 N–H and O–H groups in total. The van der Waals surface area contributed by atoms with Crippen LogP contribution >= 0.6 is 11.3 Å². The summed E-state index contributed by atoms with van der Waals surface area (Å²) in [5.41, 5.74) is 6.44. The van der Waals surface area contributed by atoms with Crippen LogP contribution in [0.25, 0.3) is 0 Å². The van der Waals surface area contributed by atoms with Gasteiger partial charge in [0.05, 0.1) is 4.88 Å². The average Bonchev–Trinajstić information content (AvgIpc) is 2.96. The number of carbonyl (C=O) groups excluding carboxylic acids is 2. The van der Waals surface area contributed by atoms with E-state index in [0.717, 1.165) is 32.1 Å². The van der Waals surface area contributed by atoms with Crippen molar-refractivity contribution in [3.8, 4) is 0 Å². The molecule has 5 heteroatoms. The van der Waals surface area contributed by atoms with Crippen molar-refractivity contribution in [1.29, 1.82) is 0 Å². The fraction of sp³-hybridized carbons (Fsp3) is 0.529.